The van der Waals surface area contributed by atoms with Gasteiger partial charge in [0.05, 0.1) is 0 Å². The minimum atomic E-state index is 0.964. The van der Waals surface area contributed by atoms with Crippen molar-refractivity contribution in [3.63, 3.8) is 0 Å². The van der Waals surface area contributed by atoms with Gasteiger partial charge in [0, 0.05) is 0 Å². The first kappa shape index (κ1) is 8.39. The molecule has 0 aromatic rings. The van der Waals surface area contributed by atoms with E-state index < -0.39 is 0 Å². The fourth-order valence-corrected chi connectivity index (χ4v) is 0.684. The van der Waals surface area contributed by atoms with Crippen LogP contribution in [0.1, 0.15) is 0 Å². The third kappa shape index (κ3) is 2.64. The Morgan fingerprint density at radius 3 is 1.38 bits per heavy atom. The predicted molar refractivity (Wildman–Crippen MR) is 30.4 cm³/mol. The molecule has 0 unspecified atom stereocenters. The Kier molecular flexibility index (Phi) is 4.49. The monoisotopic (exact) mass is 180 g/mol. The summed E-state index contributed by atoms with van der Waals surface area (Å²) in [5.41, 5.74) is 1.93. The molecule has 2 heteroatoms. The Bertz CT molecular complexity index is 127. The molecule has 0 rings (SSSR count). The van der Waals surface area contributed by atoms with Crippen molar-refractivity contribution < 1.29 is 34.0 Å². The van der Waals surface area contributed by atoms with Crippen LogP contribution >= 0.6 is 0 Å². The molecule has 0 aliphatic rings. The van der Waals surface area contributed by atoms with E-state index in [4.69, 9.17) is 0 Å². The Hall–Kier alpha value is 0.389. The normalized spacial score (nSPS) is 7.25. The summed E-state index contributed by atoms with van der Waals surface area (Å²) in [6.45, 7) is 7.46. The molecule has 0 radical (unpaired) electrons. The molecule has 0 fully saturated rings. The van der Waals surface area contributed by atoms with E-state index >= 15 is 0 Å². The summed E-state index contributed by atoms with van der Waals surface area (Å²) >= 11 is 4.69. The van der Waals surface area contributed by atoms with Crippen molar-refractivity contribution >= 4 is 9.46 Å². The second-order valence-corrected chi connectivity index (χ2v) is 2.12. The predicted octanol–water partition coefficient (Wildman–Crippen LogP) is 0.797. The van der Waals surface area contributed by atoms with Crippen LogP contribution in [0.5, 0.6) is 0 Å². The number of allylic oxidation sites excluding steroid dienone is 2. The zero-order valence-electron chi connectivity index (χ0n) is 4.46. The van der Waals surface area contributed by atoms with Crippen molar-refractivity contribution in [2.75, 3.05) is 0 Å². The molecule has 0 nitrogen and oxygen atoms in total. The maximum absolute atomic E-state index is 3.73. The molecule has 0 aromatic carbocycles. The minimum absolute atomic E-state index is 0.964. The van der Waals surface area contributed by atoms with Crippen LogP contribution in [-0.4, -0.2) is 9.46 Å². The Labute approximate surface area is 67.7 Å². The van der Waals surface area contributed by atoms with Gasteiger partial charge >= 0.3 is 67.7 Å². The molecule has 8 heavy (non-hydrogen) atoms. The zero-order valence-corrected chi connectivity index (χ0v) is 7.26. The van der Waals surface area contributed by atoms with Gasteiger partial charge in [-0.3, -0.25) is 0 Å². The quantitative estimate of drug-likeness (QED) is 0.563. The summed E-state index contributed by atoms with van der Waals surface area (Å²) in [5.74, 6) is 0. The second-order valence-electron chi connectivity index (χ2n) is 1.31. The van der Waals surface area contributed by atoms with E-state index in [0.29, 0.717) is 0 Å². The van der Waals surface area contributed by atoms with Gasteiger partial charge < -0.3 is 0 Å². The standard InChI is InChI=1S/C6H6.2V/c1-5(2)6(3)4;;/h1,3H,2,4H2;;. The SMILES string of the molecule is C=C([CH]=[V])C(=C)[CH]=[V]. The summed E-state index contributed by atoms with van der Waals surface area (Å²) in [6.07, 6.45) is 0. The average Bonchev–Trinajstić information content (AvgIpc) is 1.84. The van der Waals surface area contributed by atoms with Crippen LogP contribution in [0.4, 0.5) is 0 Å². The summed E-state index contributed by atoms with van der Waals surface area (Å²) in [7, 11) is 0. The van der Waals surface area contributed by atoms with E-state index in [2.05, 4.69) is 47.1 Å². The van der Waals surface area contributed by atoms with Crippen LogP contribution in [0.15, 0.2) is 24.3 Å². The average molecular weight is 180 g/mol. The van der Waals surface area contributed by atoms with Gasteiger partial charge in [0.25, 0.3) is 0 Å². The van der Waals surface area contributed by atoms with Crippen molar-refractivity contribution in [3.8, 4) is 0 Å². The topological polar surface area (TPSA) is 0 Å². The first-order chi connectivity index (χ1) is 3.72. The fourth-order valence-electron chi connectivity index (χ4n) is 0.166. The molecule has 0 heterocycles. The summed E-state index contributed by atoms with van der Waals surface area (Å²) in [4.78, 5) is 0. The molecule has 0 aliphatic carbocycles. The van der Waals surface area contributed by atoms with Crippen LogP contribution < -0.4 is 0 Å². The molecule has 0 spiro atoms. The van der Waals surface area contributed by atoms with Crippen molar-refractivity contribution in [2.24, 2.45) is 0 Å². The van der Waals surface area contributed by atoms with Crippen LogP contribution in [0, 0.1) is 0 Å². The number of hydrogen-bond donors (Lipinski definition) is 0. The first-order valence-electron chi connectivity index (χ1n) is 2.05. The fraction of sp³-hybridized carbons (Fsp3) is 0. The summed E-state index contributed by atoms with van der Waals surface area (Å²) < 4.78 is 3.75. The van der Waals surface area contributed by atoms with Gasteiger partial charge in [0.2, 0.25) is 0 Å². The molecule has 40 valence electrons. The molecule has 0 atom stereocenters. The van der Waals surface area contributed by atoms with Crippen molar-refractivity contribution in [2.45, 2.75) is 0 Å². The Morgan fingerprint density at radius 1 is 1.00 bits per heavy atom. The molecule has 0 aromatic heterocycles. The van der Waals surface area contributed by atoms with Crippen molar-refractivity contribution in [1.82, 2.24) is 0 Å². The van der Waals surface area contributed by atoms with E-state index in [-0.39, 0.29) is 0 Å². The van der Waals surface area contributed by atoms with Gasteiger partial charge in [0.15, 0.2) is 0 Å². The summed E-state index contributed by atoms with van der Waals surface area (Å²) in [6, 6.07) is 0. The van der Waals surface area contributed by atoms with Crippen molar-refractivity contribution in [3.05, 3.63) is 24.3 Å². The van der Waals surface area contributed by atoms with E-state index in [1.807, 2.05) is 9.46 Å². The van der Waals surface area contributed by atoms with Crippen LogP contribution in [0.2, 0.25) is 0 Å². The molecule has 0 amide bonds. The number of hydrogen-bond acceptors (Lipinski definition) is 0. The molecular weight excluding hydrogens is 174 g/mol. The van der Waals surface area contributed by atoms with E-state index in [9.17, 15) is 0 Å². The van der Waals surface area contributed by atoms with E-state index in [0.717, 1.165) is 11.1 Å². The summed E-state index contributed by atoms with van der Waals surface area (Å²) in [5, 5.41) is 0. The van der Waals surface area contributed by atoms with Gasteiger partial charge in [-0.05, 0) is 0 Å². The van der Waals surface area contributed by atoms with Gasteiger partial charge in [-0.2, -0.15) is 0 Å². The molecule has 0 N–H and O–H groups in total. The van der Waals surface area contributed by atoms with Crippen molar-refractivity contribution in [1.29, 1.82) is 0 Å². The molecule has 0 saturated heterocycles. The van der Waals surface area contributed by atoms with Crippen LogP contribution in [-0.2, 0) is 34.0 Å². The first-order valence-corrected chi connectivity index (χ1v) is 3.66. The van der Waals surface area contributed by atoms with Crippen LogP contribution in [0.3, 0.4) is 0 Å². The third-order valence-corrected chi connectivity index (χ3v) is 1.70. The van der Waals surface area contributed by atoms with Gasteiger partial charge in [-0.1, -0.05) is 0 Å². The Morgan fingerprint density at radius 2 is 1.25 bits per heavy atom. The third-order valence-electron chi connectivity index (χ3n) is 0.724. The molecule has 0 aliphatic heterocycles. The van der Waals surface area contributed by atoms with Gasteiger partial charge in [-0.25, -0.2) is 0 Å². The zero-order chi connectivity index (χ0) is 6.57. The van der Waals surface area contributed by atoms with E-state index in [1.165, 1.54) is 0 Å². The number of rotatable bonds is 3. The molecule has 0 saturated carbocycles. The van der Waals surface area contributed by atoms with Crippen LogP contribution in [0.25, 0.3) is 0 Å². The van der Waals surface area contributed by atoms with Gasteiger partial charge in [0.1, 0.15) is 0 Å². The molecule has 0 bridgehead atoms. The Balaban J connectivity index is 4.02. The maximum atomic E-state index is 3.73. The second kappa shape index (κ2) is 4.29. The van der Waals surface area contributed by atoms with E-state index in [1.54, 1.807) is 0 Å². The molecular formula is C6H6V2. The van der Waals surface area contributed by atoms with Gasteiger partial charge in [-0.15, -0.1) is 0 Å².